The summed E-state index contributed by atoms with van der Waals surface area (Å²) in [6, 6.07) is 20.6. The van der Waals surface area contributed by atoms with Gasteiger partial charge in [0.25, 0.3) is 11.7 Å². The van der Waals surface area contributed by atoms with E-state index in [-0.39, 0.29) is 11.3 Å². The van der Waals surface area contributed by atoms with Crippen LogP contribution < -0.4 is 9.64 Å². The first-order valence-electron chi connectivity index (χ1n) is 11.1. The number of hydrogen-bond donors (Lipinski definition) is 1. The Hall–Kier alpha value is -4.16. The molecule has 35 heavy (non-hydrogen) atoms. The normalized spacial score (nSPS) is 17.2. The first-order valence-corrected chi connectivity index (χ1v) is 11.5. The molecule has 7 heteroatoms. The summed E-state index contributed by atoms with van der Waals surface area (Å²) in [6.45, 7) is 2.20. The number of benzene rings is 3. The highest BCUT2D eigenvalue weighted by atomic mass is 35.5. The van der Waals surface area contributed by atoms with Gasteiger partial charge in [-0.15, -0.1) is 0 Å². The number of amides is 1. The third-order valence-corrected chi connectivity index (χ3v) is 6.31. The molecule has 1 fully saturated rings. The molecule has 5 rings (SSSR count). The van der Waals surface area contributed by atoms with Crippen LogP contribution in [0.15, 0.2) is 90.8 Å². The van der Waals surface area contributed by atoms with Gasteiger partial charge in [0.05, 0.1) is 28.9 Å². The minimum Gasteiger partial charge on any atom is -0.507 e. The summed E-state index contributed by atoms with van der Waals surface area (Å²) in [5.74, 6) is -1.42. The van der Waals surface area contributed by atoms with Gasteiger partial charge in [-0.3, -0.25) is 19.5 Å². The molecule has 1 N–H and O–H groups in total. The number of pyridine rings is 1. The molecule has 174 valence electrons. The minimum atomic E-state index is -0.852. The van der Waals surface area contributed by atoms with Crippen molar-refractivity contribution in [3.63, 3.8) is 0 Å². The summed E-state index contributed by atoms with van der Waals surface area (Å²) in [5.41, 5.74) is 1.54. The van der Waals surface area contributed by atoms with Gasteiger partial charge in [0.2, 0.25) is 0 Å². The van der Waals surface area contributed by atoms with Gasteiger partial charge in [-0.05, 0) is 54.3 Å². The van der Waals surface area contributed by atoms with E-state index in [1.165, 1.54) is 4.90 Å². The van der Waals surface area contributed by atoms with Gasteiger partial charge >= 0.3 is 0 Å². The maximum absolute atomic E-state index is 13.5. The van der Waals surface area contributed by atoms with E-state index in [2.05, 4.69) is 4.98 Å². The highest BCUT2D eigenvalue weighted by molar-refractivity contribution is 6.52. The molecule has 1 saturated heterocycles. The van der Waals surface area contributed by atoms with Gasteiger partial charge in [-0.1, -0.05) is 48.0 Å². The van der Waals surface area contributed by atoms with Gasteiger partial charge < -0.3 is 9.84 Å². The smallest absolute Gasteiger partial charge is 0.300 e. The van der Waals surface area contributed by atoms with E-state index in [9.17, 15) is 14.7 Å². The largest absolute Gasteiger partial charge is 0.507 e. The van der Waals surface area contributed by atoms with Crippen molar-refractivity contribution in [1.29, 1.82) is 0 Å². The van der Waals surface area contributed by atoms with Crippen LogP contribution >= 0.6 is 11.6 Å². The molecular weight excluding hydrogens is 464 g/mol. The number of nitrogens with zero attached hydrogens (tertiary/aromatic N) is 2. The van der Waals surface area contributed by atoms with Crippen LogP contribution in [0, 0.1) is 0 Å². The number of halogens is 1. The first kappa shape index (κ1) is 22.6. The molecule has 0 aliphatic carbocycles. The fraction of sp³-hybridized carbons (Fsp3) is 0.107. The summed E-state index contributed by atoms with van der Waals surface area (Å²) in [6.07, 6.45) is 3.18. The SMILES string of the molecule is CCOc1cc(/C(O)=C2\C(=O)C(=O)N(c3cccc4ccccc34)C2c2ccncc2)ccc1Cl. The zero-order valence-electron chi connectivity index (χ0n) is 18.8. The van der Waals surface area contributed by atoms with Gasteiger partial charge in [0, 0.05) is 23.3 Å². The van der Waals surface area contributed by atoms with Crippen LogP contribution in [0.3, 0.4) is 0 Å². The summed E-state index contributed by atoms with van der Waals surface area (Å²) in [4.78, 5) is 32.4. The van der Waals surface area contributed by atoms with Crippen molar-refractivity contribution < 1.29 is 19.4 Å². The van der Waals surface area contributed by atoms with Crippen molar-refractivity contribution in [2.45, 2.75) is 13.0 Å². The Labute approximate surface area is 207 Å². The number of ether oxygens (including phenoxy) is 1. The Kier molecular flexibility index (Phi) is 5.97. The molecular formula is C28H21ClN2O4. The number of carbonyl (C=O) groups excluding carboxylic acids is 2. The molecule has 1 unspecified atom stereocenters. The van der Waals surface area contributed by atoms with Crippen LogP contribution in [0.2, 0.25) is 5.02 Å². The second-order valence-corrected chi connectivity index (χ2v) is 8.43. The van der Waals surface area contributed by atoms with Crippen LogP contribution in [0.25, 0.3) is 16.5 Å². The second kappa shape index (κ2) is 9.24. The molecule has 4 aromatic rings. The Morgan fingerprint density at radius 1 is 1.03 bits per heavy atom. The number of ketones is 1. The Morgan fingerprint density at radius 3 is 2.54 bits per heavy atom. The van der Waals surface area contributed by atoms with Crippen molar-refractivity contribution in [3.05, 3.63) is 107 Å². The highest BCUT2D eigenvalue weighted by Crippen LogP contribution is 2.44. The molecule has 2 heterocycles. The maximum Gasteiger partial charge on any atom is 0.300 e. The third kappa shape index (κ3) is 3.92. The third-order valence-electron chi connectivity index (χ3n) is 6.00. The van der Waals surface area contributed by atoms with E-state index in [0.717, 1.165) is 10.8 Å². The van der Waals surface area contributed by atoms with Crippen molar-refractivity contribution in [2.24, 2.45) is 0 Å². The molecule has 0 spiro atoms. The minimum absolute atomic E-state index is 0.0149. The molecule has 1 aromatic heterocycles. The van der Waals surface area contributed by atoms with E-state index < -0.39 is 17.7 Å². The molecule has 1 atom stereocenters. The van der Waals surface area contributed by atoms with E-state index in [1.807, 2.05) is 43.3 Å². The number of carbonyl (C=O) groups is 2. The van der Waals surface area contributed by atoms with Crippen LogP contribution in [0.1, 0.15) is 24.1 Å². The van der Waals surface area contributed by atoms with Crippen molar-refractivity contribution in [3.8, 4) is 5.75 Å². The number of rotatable bonds is 5. The van der Waals surface area contributed by atoms with Crippen molar-refractivity contribution in [1.82, 2.24) is 4.98 Å². The molecule has 1 aliphatic heterocycles. The number of anilines is 1. The summed E-state index contributed by atoms with van der Waals surface area (Å²) < 4.78 is 5.55. The summed E-state index contributed by atoms with van der Waals surface area (Å²) >= 11 is 6.22. The Bertz CT molecular complexity index is 1480. The fourth-order valence-corrected chi connectivity index (χ4v) is 4.60. The average molecular weight is 485 g/mol. The lowest BCUT2D eigenvalue weighted by atomic mass is 9.95. The first-order chi connectivity index (χ1) is 17.0. The molecule has 6 nitrogen and oxygen atoms in total. The predicted octanol–water partition coefficient (Wildman–Crippen LogP) is 5.91. The molecule has 0 radical (unpaired) electrons. The van der Waals surface area contributed by atoms with Crippen LogP contribution in [0.4, 0.5) is 5.69 Å². The zero-order valence-corrected chi connectivity index (χ0v) is 19.6. The highest BCUT2D eigenvalue weighted by Gasteiger charge is 2.47. The van der Waals surface area contributed by atoms with Crippen LogP contribution in [-0.4, -0.2) is 28.4 Å². The van der Waals surface area contributed by atoms with Crippen LogP contribution in [0.5, 0.6) is 5.75 Å². The number of aliphatic hydroxyl groups excluding tert-OH is 1. The van der Waals surface area contributed by atoms with Crippen LogP contribution in [-0.2, 0) is 9.59 Å². The molecule has 0 bridgehead atoms. The average Bonchev–Trinajstić information content (AvgIpc) is 3.15. The molecule has 1 amide bonds. The van der Waals surface area contributed by atoms with E-state index in [0.29, 0.717) is 34.2 Å². The standard InChI is InChI=1S/C28H21ClN2O4/c1-2-35-23-16-19(10-11-21(23)29)26(32)24-25(18-12-14-30-15-13-18)31(28(34)27(24)33)22-9-5-7-17-6-3-4-8-20(17)22/h3-16,25,32H,2H2,1H3/b26-24+. The van der Waals surface area contributed by atoms with Gasteiger partial charge in [0.1, 0.15) is 11.5 Å². The Balaban J connectivity index is 1.75. The van der Waals surface area contributed by atoms with Gasteiger partial charge in [-0.2, -0.15) is 0 Å². The summed E-state index contributed by atoms with van der Waals surface area (Å²) in [7, 11) is 0. The number of Topliss-reactive ketones (excluding diaryl/α,β-unsaturated/α-hetero) is 1. The van der Waals surface area contributed by atoms with Gasteiger partial charge in [-0.25, -0.2) is 0 Å². The van der Waals surface area contributed by atoms with E-state index in [1.54, 1.807) is 48.8 Å². The zero-order chi connectivity index (χ0) is 24.5. The lowest BCUT2D eigenvalue weighted by Crippen LogP contribution is -2.29. The summed E-state index contributed by atoms with van der Waals surface area (Å²) in [5, 5.41) is 13.5. The number of fused-ring (bicyclic) bond motifs is 1. The van der Waals surface area contributed by atoms with E-state index >= 15 is 0 Å². The fourth-order valence-electron chi connectivity index (χ4n) is 4.43. The monoisotopic (exact) mass is 484 g/mol. The number of hydrogen-bond acceptors (Lipinski definition) is 5. The molecule has 0 saturated carbocycles. The van der Waals surface area contributed by atoms with Crippen molar-refractivity contribution in [2.75, 3.05) is 11.5 Å². The lowest BCUT2D eigenvalue weighted by molar-refractivity contribution is -0.132. The van der Waals surface area contributed by atoms with E-state index in [4.69, 9.17) is 16.3 Å². The molecule has 3 aromatic carbocycles. The molecule has 1 aliphatic rings. The second-order valence-electron chi connectivity index (χ2n) is 8.03. The lowest BCUT2D eigenvalue weighted by Gasteiger charge is -2.26. The number of aromatic nitrogens is 1. The van der Waals surface area contributed by atoms with Crippen molar-refractivity contribution >= 4 is 45.5 Å². The quantitative estimate of drug-likeness (QED) is 0.216. The number of aliphatic hydroxyl groups is 1. The maximum atomic E-state index is 13.5. The van der Waals surface area contributed by atoms with Gasteiger partial charge in [0.15, 0.2) is 0 Å². The predicted molar refractivity (Wildman–Crippen MR) is 136 cm³/mol. The topological polar surface area (TPSA) is 79.7 Å². The Morgan fingerprint density at radius 2 is 1.77 bits per heavy atom.